The molecule has 0 nitrogen and oxygen atoms in total. The van der Waals surface area contributed by atoms with Gasteiger partial charge in [-0.1, -0.05) is 49.2 Å². The second-order valence-electron chi connectivity index (χ2n) is 5.65. The zero-order chi connectivity index (χ0) is 16.4. The SMILES string of the molecule is C=C(c1ccc(-c2ccc(F)cc2)s1)c1cc(BC)ccc1C. The van der Waals surface area contributed by atoms with Crippen molar-refractivity contribution >= 4 is 29.7 Å². The highest BCUT2D eigenvalue weighted by atomic mass is 32.1. The van der Waals surface area contributed by atoms with Gasteiger partial charge in [-0.05, 0) is 53.5 Å². The summed E-state index contributed by atoms with van der Waals surface area (Å²) < 4.78 is 13.1. The third-order valence-electron chi connectivity index (χ3n) is 4.07. The quantitative estimate of drug-likeness (QED) is 0.591. The minimum Gasteiger partial charge on any atom is -0.207 e. The Labute approximate surface area is 141 Å². The third-order valence-corrected chi connectivity index (χ3v) is 5.26. The molecule has 0 saturated heterocycles. The maximum atomic E-state index is 13.1. The van der Waals surface area contributed by atoms with E-state index in [9.17, 15) is 4.39 Å². The zero-order valence-electron chi connectivity index (χ0n) is 13.4. The molecule has 2 aromatic carbocycles. The van der Waals surface area contributed by atoms with Crippen LogP contribution in [0.2, 0.25) is 6.82 Å². The van der Waals surface area contributed by atoms with Crippen LogP contribution in [0.5, 0.6) is 0 Å². The monoisotopic (exact) mass is 320 g/mol. The third kappa shape index (κ3) is 3.30. The number of aryl methyl sites for hydroxylation is 1. The normalized spacial score (nSPS) is 10.6. The van der Waals surface area contributed by atoms with E-state index in [0.717, 1.165) is 28.2 Å². The number of hydrogen-bond donors (Lipinski definition) is 0. The van der Waals surface area contributed by atoms with Gasteiger partial charge in [-0.25, -0.2) is 4.39 Å². The van der Waals surface area contributed by atoms with Gasteiger partial charge in [0, 0.05) is 9.75 Å². The van der Waals surface area contributed by atoms with Crippen LogP contribution in [0.15, 0.2) is 61.2 Å². The molecule has 0 N–H and O–H groups in total. The smallest absolute Gasteiger partial charge is 0.154 e. The van der Waals surface area contributed by atoms with E-state index >= 15 is 0 Å². The average molecular weight is 320 g/mol. The maximum absolute atomic E-state index is 13.1. The van der Waals surface area contributed by atoms with Crippen molar-refractivity contribution in [2.45, 2.75) is 13.7 Å². The molecule has 0 saturated carbocycles. The predicted octanol–water partition coefficient (Wildman–Crippen LogP) is 5.03. The van der Waals surface area contributed by atoms with Gasteiger partial charge < -0.3 is 0 Å². The number of hydrogen-bond acceptors (Lipinski definition) is 1. The van der Waals surface area contributed by atoms with Gasteiger partial charge in [0.2, 0.25) is 0 Å². The van der Waals surface area contributed by atoms with Crippen LogP contribution in [-0.2, 0) is 0 Å². The Morgan fingerprint density at radius 2 is 1.78 bits per heavy atom. The molecule has 0 aliphatic heterocycles. The van der Waals surface area contributed by atoms with Crippen LogP contribution in [0.25, 0.3) is 16.0 Å². The number of thiophene rings is 1. The molecule has 23 heavy (non-hydrogen) atoms. The Kier molecular flexibility index (Phi) is 4.49. The molecule has 0 spiro atoms. The average Bonchev–Trinajstić information content (AvgIpc) is 3.05. The van der Waals surface area contributed by atoms with Crippen molar-refractivity contribution in [2.75, 3.05) is 0 Å². The largest absolute Gasteiger partial charge is 0.207 e. The molecule has 0 radical (unpaired) electrons. The van der Waals surface area contributed by atoms with Crippen molar-refractivity contribution in [3.8, 4) is 10.4 Å². The molecule has 0 aliphatic carbocycles. The van der Waals surface area contributed by atoms with Crippen LogP contribution in [0, 0.1) is 12.7 Å². The van der Waals surface area contributed by atoms with Crippen molar-refractivity contribution in [3.63, 3.8) is 0 Å². The molecule has 0 unspecified atom stereocenters. The van der Waals surface area contributed by atoms with Crippen LogP contribution in [0.4, 0.5) is 4.39 Å². The Hall–Kier alpha value is -2.13. The molecule has 114 valence electrons. The molecule has 3 heteroatoms. The lowest BCUT2D eigenvalue weighted by Crippen LogP contribution is -2.11. The van der Waals surface area contributed by atoms with E-state index in [4.69, 9.17) is 0 Å². The number of benzene rings is 2. The lowest BCUT2D eigenvalue weighted by molar-refractivity contribution is 0.628. The van der Waals surface area contributed by atoms with Crippen molar-refractivity contribution < 1.29 is 4.39 Å². The lowest BCUT2D eigenvalue weighted by atomic mass is 9.72. The van der Waals surface area contributed by atoms with Crippen molar-refractivity contribution in [1.29, 1.82) is 0 Å². The fourth-order valence-corrected chi connectivity index (χ4v) is 3.61. The first kappa shape index (κ1) is 15.8. The van der Waals surface area contributed by atoms with E-state index in [2.05, 4.69) is 50.7 Å². The first-order valence-electron chi connectivity index (χ1n) is 7.73. The molecule has 0 atom stereocenters. The van der Waals surface area contributed by atoms with Crippen LogP contribution in [0.1, 0.15) is 16.0 Å². The second kappa shape index (κ2) is 6.55. The van der Waals surface area contributed by atoms with Crippen molar-refractivity contribution in [1.82, 2.24) is 0 Å². The Morgan fingerprint density at radius 1 is 1.04 bits per heavy atom. The zero-order valence-corrected chi connectivity index (χ0v) is 14.2. The number of halogens is 1. The molecule has 1 heterocycles. The van der Waals surface area contributed by atoms with Gasteiger partial charge in [0.15, 0.2) is 7.28 Å². The topological polar surface area (TPSA) is 0 Å². The summed E-state index contributed by atoms with van der Waals surface area (Å²) >= 11 is 1.69. The summed E-state index contributed by atoms with van der Waals surface area (Å²) in [7, 11) is 1.02. The molecular formula is C20H18BFS. The van der Waals surface area contributed by atoms with Crippen LogP contribution in [0.3, 0.4) is 0 Å². The van der Waals surface area contributed by atoms with E-state index in [-0.39, 0.29) is 5.82 Å². The molecule has 0 fully saturated rings. The minimum atomic E-state index is -0.207. The fraction of sp³-hybridized carbons (Fsp3) is 0.100. The molecule has 0 bridgehead atoms. The standard InChI is InChI=1S/C20H18BFS/c1-13-4-7-16(21-3)12-18(13)14(2)19-10-11-20(23-19)15-5-8-17(22)9-6-15/h4-12,21H,2H2,1,3H3. The van der Waals surface area contributed by atoms with Crippen LogP contribution >= 0.6 is 11.3 Å². The summed E-state index contributed by atoms with van der Waals surface area (Å²) in [6.45, 7) is 8.58. The fourth-order valence-electron chi connectivity index (χ4n) is 2.62. The van der Waals surface area contributed by atoms with E-state index in [0.29, 0.717) is 0 Å². The highest BCUT2D eigenvalue weighted by Gasteiger charge is 2.10. The van der Waals surface area contributed by atoms with Gasteiger partial charge >= 0.3 is 0 Å². The van der Waals surface area contributed by atoms with E-state index in [1.807, 2.05) is 12.1 Å². The molecular weight excluding hydrogens is 302 g/mol. The minimum absolute atomic E-state index is 0.207. The predicted molar refractivity (Wildman–Crippen MR) is 102 cm³/mol. The summed E-state index contributed by atoms with van der Waals surface area (Å²) in [6.07, 6.45) is 0. The van der Waals surface area contributed by atoms with Gasteiger partial charge in [0.05, 0.1) is 0 Å². The Bertz CT molecular complexity index is 846. The first-order chi connectivity index (χ1) is 11.1. The van der Waals surface area contributed by atoms with Crippen LogP contribution < -0.4 is 5.46 Å². The van der Waals surface area contributed by atoms with E-state index in [1.165, 1.54) is 28.7 Å². The molecule has 3 rings (SSSR count). The molecule has 0 aliphatic rings. The highest BCUT2D eigenvalue weighted by Crippen LogP contribution is 2.34. The Balaban J connectivity index is 1.94. The highest BCUT2D eigenvalue weighted by molar-refractivity contribution is 7.16. The van der Waals surface area contributed by atoms with Gasteiger partial charge in [0.25, 0.3) is 0 Å². The van der Waals surface area contributed by atoms with E-state index < -0.39 is 0 Å². The van der Waals surface area contributed by atoms with Crippen LogP contribution in [-0.4, -0.2) is 7.28 Å². The lowest BCUT2D eigenvalue weighted by Gasteiger charge is -2.09. The summed E-state index contributed by atoms with van der Waals surface area (Å²) in [5, 5.41) is 0. The number of rotatable bonds is 4. The summed E-state index contributed by atoms with van der Waals surface area (Å²) in [4.78, 5) is 2.28. The molecule has 3 aromatic rings. The van der Waals surface area contributed by atoms with E-state index in [1.54, 1.807) is 11.3 Å². The van der Waals surface area contributed by atoms with Crippen molar-refractivity contribution in [3.05, 3.63) is 83.0 Å². The van der Waals surface area contributed by atoms with Gasteiger partial charge in [-0.15, -0.1) is 11.3 Å². The second-order valence-corrected chi connectivity index (χ2v) is 6.74. The maximum Gasteiger partial charge on any atom is 0.154 e. The summed E-state index contributed by atoms with van der Waals surface area (Å²) in [6, 6.07) is 17.4. The van der Waals surface area contributed by atoms with Gasteiger partial charge in [-0.2, -0.15) is 0 Å². The van der Waals surface area contributed by atoms with Gasteiger partial charge in [-0.3, -0.25) is 0 Å². The Morgan fingerprint density at radius 3 is 2.48 bits per heavy atom. The van der Waals surface area contributed by atoms with Gasteiger partial charge in [0.1, 0.15) is 5.82 Å². The molecule has 0 amide bonds. The van der Waals surface area contributed by atoms with Crippen molar-refractivity contribution in [2.24, 2.45) is 0 Å². The first-order valence-corrected chi connectivity index (χ1v) is 8.55. The summed E-state index contributed by atoms with van der Waals surface area (Å²) in [5.41, 5.74) is 5.86. The molecule has 1 aromatic heterocycles. The summed E-state index contributed by atoms with van der Waals surface area (Å²) in [5.74, 6) is -0.207.